The zero-order valence-electron chi connectivity index (χ0n) is 12.8. The number of hydrogen-bond donors (Lipinski definition) is 1. The van der Waals surface area contributed by atoms with Crippen molar-refractivity contribution >= 4 is 29.8 Å². The lowest BCUT2D eigenvalue weighted by molar-refractivity contribution is 0.0501. The molecule has 0 amide bonds. The number of piperidine rings is 1. The highest BCUT2D eigenvalue weighted by Gasteiger charge is 2.42. The van der Waals surface area contributed by atoms with E-state index >= 15 is 0 Å². The van der Waals surface area contributed by atoms with Crippen LogP contribution in [-0.2, 0) is 0 Å². The molecule has 2 fully saturated rings. The van der Waals surface area contributed by atoms with Crippen LogP contribution in [0.5, 0.6) is 0 Å². The van der Waals surface area contributed by atoms with Gasteiger partial charge in [-0.2, -0.15) is 10.2 Å². The van der Waals surface area contributed by atoms with E-state index in [0.717, 1.165) is 12.8 Å². The molecule has 2 aliphatic rings. The maximum absolute atomic E-state index is 9.17. The number of halogens is 2. The van der Waals surface area contributed by atoms with Crippen LogP contribution in [0, 0.1) is 11.3 Å². The number of nitriles is 1. The van der Waals surface area contributed by atoms with Crippen molar-refractivity contribution in [3.63, 3.8) is 0 Å². The minimum atomic E-state index is 0. The van der Waals surface area contributed by atoms with Crippen LogP contribution in [0.2, 0.25) is 5.28 Å². The van der Waals surface area contributed by atoms with Gasteiger partial charge in [-0.05, 0) is 57.7 Å². The van der Waals surface area contributed by atoms with Gasteiger partial charge >= 0.3 is 0 Å². The average Bonchev–Trinajstić information content (AvgIpc) is 2.87. The van der Waals surface area contributed by atoms with Gasteiger partial charge in [0.15, 0.2) is 0 Å². The first-order valence-electron chi connectivity index (χ1n) is 7.45. The number of hydrogen-bond acceptors (Lipinski definition) is 5. The quantitative estimate of drug-likeness (QED) is 0.836. The summed E-state index contributed by atoms with van der Waals surface area (Å²) in [5.41, 5.74) is 0.631. The molecule has 0 aromatic carbocycles. The van der Waals surface area contributed by atoms with E-state index in [1.54, 1.807) is 0 Å². The van der Waals surface area contributed by atoms with Gasteiger partial charge in [0.1, 0.15) is 17.5 Å². The largest absolute Gasteiger partial charge is 0.366 e. The van der Waals surface area contributed by atoms with Crippen LogP contribution in [0.1, 0.15) is 45.1 Å². The summed E-state index contributed by atoms with van der Waals surface area (Å²) in [4.78, 5) is 10.7. The number of fused-ring (bicyclic) bond motifs is 1. The second kappa shape index (κ2) is 6.57. The van der Waals surface area contributed by atoms with Crippen LogP contribution in [0.25, 0.3) is 0 Å². The summed E-state index contributed by atoms with van der Waals surface area (Å²) in [5, 5.41) is 12.8. The maximum Gasteiger partial charge on any atom is 0.224 e. The van der Waals surface area contributed by atoms with Gasteiger partial charge in [-0.15, -0.1) is 12.4 Å². The Balaban J connectivity index is 0.00000176. The van der Waals surface area contributed by atoms with E-state index in [2.05, 4.69) is 40.1 Å². The average molecular weight is 342 g/mol. The standard InChI is InChI=1S/C15H20ClN5.ClH/c1-15(2)7-11(6-12-4-3-5-21(12)15)19-13-10(8-17)9-18-14(16)20-13;/h9,11-12H,3-7H2,1-2H3,(H,18,19,20);1H/t11-,12+;/m1./s1. The summed E-state index contributed by atoms with van der Waals surface area (Å²) >= 11 is 5.86. The molecule has 1 N–H and O–H groups in total. The van der Waals surface area contributed by atoms with E-state index < -0.39 is 0 Å². The summed E-state index contributed by atoms with van der Waals surface area (Å²) in [7, 11) is 0. The molecular formula is C15H21Cl2N5. The van der Waals surface area contributed by atoms with Crippen molar-refractivity contribution in [3.8, 4) is 6.07 Å². The van der Waals surface area contributed by atoms with Crippen LogP contribution < -0.4 is 5.32 Å². The smallest absolute Gasteiger partial charge is 0.224 e. The molecule has 1 aromatic rings. The molecule has 7 heteroatoms. The zero-order chi connectivity index (χ0) is 15.0. The van der Waals surface area contributed by atoms with E-state index in [4.69, 9.17) is 11.6 Å². The third-order valence-corrected chi connectivity index (χ3v) is 4.86. The van der Waals surface area contributed by atoms with Crippen molar-refractivity contribution in [1.29, 1.82) is 5.26 Å². The number of nitrogens with one attached hydrogen (secondary N) is 1. The molecular weight excluding hydrogens is 321 g/mol. The van der Waals surface area contributed by atoms with Gasteiger partial charge in [-0.25, -0.2) is 4.98 Å². The highest BCUT2D eigenvalue weighted by molar-refractivity contribution is 6.28. The summed E-state index contributed by atoms with van der Waals surface area (Å²) < 4.78 is 0. The van der Waals surface area contributed by atoms with Crippen molar-refractivity contribution in [2.45, 2.75) is 57.2 Å². The number of anilines is 1. The first-order chi connectivity index (χ1) is 9.99. The fraction of sp³-hybridized carbons (Fsp3) is 0.667. The Kier molecular flexibility index (Phi) is 5.16. The Morgan fingerprint density at radius 1 is 1.50 bits per heavy atom. The molecule has 5 nitrogen and oxygen atoms in total. The fourth-order valence-corrected chi connectivity index (χ4v) is 4.00. The molecule has 1 aromatic heterocycles. The topological polar surface area (TPSA) is 64.8 Å². The van der Waals surface area contributed by atoms with Gasteiger partial charge in [-0.3, -0.25) is 4.90 Å². The van der Waals surface area contributed by atoms with Gasteiger partial charge in [0.25, 0.3) is 0 Å². The normalized spacial score (nSPS) is 26.6. The Bertz CT molecular complexity index is 584. The van der Waals surface area contributed by atoms with Crippen LogP contribution >= 0.6 is 24.0 Å². The van der Waals surface area contributed by atoms with Crippen molar-refractivity contribution in [2.75, 3.05) is 11.9 Å². The second-order valence-corrected chi connectivity index (χ2v) is 6.93. The minimum absolute atomic E-state index is 0. The number of aromatic nitrogens is 2. The molecule has 22 heavy (non-hydrogen) atoms. The van der Waals surface area contributed by atoms with E-state index in [1.807, 2.05) is 0 Å². The van der Waals surface area contributed by atoms with Gasteiger partial charge in [0.2, 0.25) is 5.28 Å². The lowest BCUT2D eigenvalue weighted by atomic mass is 9.84. The lowest BCUT2D eigenvalue weighted by Gasteiger charge is -2.47. The zero-order valence-corrected chi connectivity index (χ0v) is 14.4. The summed E-state index contributed by atoms with van der Waals surface area (Å²) in [5.74, 6) is 0.560. The summed E-state index contributed by atoms with van der Waals surface area (Å²) in [6.07, 6.45) is 6.15. The van der Waals surface area contributed by atoms with Crippen molar-refractivity contribution in [1.82, 2.24) is 14.9 Å². The van der Waals surface area contributed by atoms with E-state index in [1.165, 1.54) is 25.6 Å². The van der Waals surface area contributed by atoms with Gasteiger partial charge < -0.3 is 5.32 Å². The molecule has 3 heterocycles. The third-order valence-electron chi connectivity index (χ3n) is 4.68. The number of nitrogens with zero attached hydrogens (tertiary/aromatic N) is 4. The minimum Gasteiger partial charge on any atom is -0.366 e. The van der Waals surface area contributed by atoms with Crippen molar-refractivity contribution in [2.24, 2.45) is 0 Å². The Labute approximate surface area is 142 Å². The molecule has 2 aliphatic heterocycles. The lowest BCUT2D eigenvalue weighted by Crippen LogP contribution is -2.55. The van der Waals surface area contributed by atoms with E-state index in [0.29, 0.717) is 23.5 Å². The molecule has 120 valence electrons. The van der Waals surface area contributed by atoms with Gasteiger partial charge in [0, 0.05) is 17.6 Å². The highest BCUT2D eigenvalue weighted by Crippen LogP contribution is 2.38. The second-order valence-electron chi connectivity index (χ2n) is 6.60. The van der Waals surface area contributed by atoms with Crippen molar-refractivity contribution < 1.29 is 0 Å². The summed E-state index contributed by atoms with van der Waals surface area (Å²) in [6, 6.07) is 3.07. The SMILES string of the molecule is CC1(C)C[C@H](Nc2nc(Cl)ncc2C#N)C[C@@H]2CCCN21.Cl. The number of rotatable bonds is 2. The maximum atomic E-state index is 9.17. The Morgan fingerprint density at radius 2 is 2.27 bits per heavy atom. The molecule has 0 aliphatic carbocycles. The molecule has 0 spiro atoms. The molecule has 2 saturated heterocycles. The molecule has 0 radical (unpaired) electrons. The van der Waals surface area contributed by atoms with E-state index in [-0.39, 0.29) is 23.2 Å². The fourth-order valence-electron chi connectivity index (χ4n) is 3.87. The predicted octanol–water partition coefficient (Wildman–Crippen LogP) is 3.24. The first-order valence-corrected chi connectivity index (χ1v) is 7.83. The van der Waals surface area contributed by atoms with Crippen LogP contribution in [-0.4, -0.2) is 39.0 Å². The first kappa shape index (κ1) is 17.3. The monoisotopic (exact) mass is 341 g/mol. The Hall–Kier alpha value is -1.09. The van der Waals surface area contributed by atoms with E-state index in [9.17, 15) is 5.26 Å². The van der Waals surface area contributed by atoms with Crippen molar-refractivity contribution in [3.05, 3.63) is 17.0 Å². The molecule has 0 saturated carbocycles. The predicted molar refractivity (Wildman–Crippen MR) is 89.5 cm³/mol. The molecule has 3 rings (SSSR count). The Morgan fingerprint density at radius 3 is 3.00 bits per heavy atom. The van der Waals surface area contributed by atoms with Crippen LogP contribution in [0.15, 0.2) is 6.20 Å². The van der Waals surface area contributed by atoms with Gasteiger partial charge in [0.05, 0.1) is 6.20 Å². The summed E-state index contributed by atoms with van der Waals surface area (Å²) in [6.45, 7) is 5.81. The molecule has 2 atom stereocenters. The molecule has 0 unspecified atom stereocenters. The van der Waals surface area contributed by atoms with Crippen LogP contribution in [0.4, 0.5) is 5.82 Å². The van der Waals surface area contributed by atoms with Crippen LogP contribution in [0.3, 0.4) is 0 Å². The van der Waals surface area contributed by atoms with Gasteiger partial charge in [-0.1, -0.05) is 0 Å². The molecule has 0 bridgehead atoms. The highest BCUT2D eigenvalue weighted by atomic mass is 35.5. The third kappa shape index (κ3) is 3.29.